The number of hydrogen-bond acceptors (Lipinski definition) is 4. The van der Waals surface area contributed by atoms with Crippen LogP contribution in [0.1, 0.15) is 31.1 Å². The SMILES string of the molecule is O=C(NO)c1ccc(-c2cc(NC(=O)c3ccc(Cl)cc3Cl)cc(C(=O)Nc3ccccc3)c2)cc1. The van der Waals surface area contributed by atoms with Crippen molar-refractivity contribution < 1.29 is 19.6 Å². The van der Waals surface area contributed by atoms with Crippen LogP contribution in [0.2, 0.25) is 10.0 Å². The zero-order valence-electron chi connectivity index (χ0n) is 18.6. The van der Waals surface area contributed by atoms with E-state index >= 15 is 0 Å². The van der Waals surface area contributed by atoms with Crippen molar-refractivity contribution in [2.75, 3.05) is 10.6 Å². The number of rotatable bonds is 6. The minimum atomic E-state index is -0.648. The zero-order chi connectivity index (χ0) is 25.7. The third kappa shape index (κ3) is 5.90. The van der Waals surface area contributed by atoms with Crippen LogP contribution in [0.15, 0.2) is 91.0 Å². The molecule has 7 nitrogen and oxygen atoms in total. The molecule has 0 heterocycles. The molecule has 9 heteroatoms. The number of carbonyl (C=O) groups excluding carboxylic acids is 3. The minimum Gasteiger partial charge on any atom is -0.322 e. The second-order valence-electron chi connectivity index (χ2n) is 7.72. The Morgan fingerprint density at radius 3 is 1.97 bits per heavy atom. The van der Waals surface area contributed by atoms with Gasteiger partial charge in [0.05, 0.1) is 10.6 Å². The summed E-state index contributed by atoms with van der Waals surface area (Å²) in [4.78, 5) is 37.6. The fourth-order valence-corrected chi connectivity index (χ4v) is 3.97. The fourth-order valence-electron chi connectivity index (χ4n) is 3.47. The summed E-state index contributed by atoms with van der Waals surface area (Å²) >= 11 is 12.1. The number of nitrogens with one attached hydrogen (secondary N) is 3. The molecule has 180 valence electrons. The summed E-state index contributed by atoms with van der Waals surface area (Å²) in [6, 6.07) is 24.8. The van der Waals surface area contributed by atoms with Gasteiger partial charge in [-0.25, -0.2) is 5.48 Å². The lowest BCUT2D eigenvalue weighted by Gasteiger charge is -2.13. The van der Waals surface area contributed by atoms with Crippen molar-refractivity contribution in [3.63, 3.8) is 0 Å². The van der Waals surface area contributed by atoms with E-state index in [9.17, 15) is 14.4 Å². The Labute approximate surface area is 216 Å². The Balaban J connectivity index is 1.70. The van der Waals surface area contributed by atoms with E-state index in [1.807, 2.05) is 6.07 Å². The van der Waals surface area contributed by atoms with Crippen LogP contribution in [-0.4, -0.2) is 22.9 Å². The molecule has 0 radical (unpaired) electrons. The van der Waals surface area contributed by atoms with Gasteiger partial charge in [-0.2, -0.15) is 0 Å². The van der Waals surface area contributed by atoms with E-state index in [1.165, 1.54) is 24.3 Å². The van der Waals surface area contributed by atoms with Gasteiger partial charge in [0.15, 0.2) is 0 Å². The molecule has 0 saturated heterocycles. The third-order valence-corrected chi connectivity index (χ3v) is 5.79. The smallest absolute Gasteiger partial charge is 0.274 e. The van der Waals surface area contributed by atoms with Gasteiger partial charge in [0.1, 0.15) is 0 Å². The number of amides is 3. The second kappa shape index (κ2) is 11.0. The van der Waals surface area contributed by atoms with Crippen molar-refractivity contribution in [1.82, 2.24) is 5.48 Å². The Bertz CT molecular complexity index is 1440. The van der Waals surface area contributed by atoms with Crippen molar-refractivity contribution in [2.24, 2.45) is 0 Å². The van der Waals surface area contributed by atoms with Gasteiger partial charge in [-0.1, -0.05) is 53.5 Å². The Morgan fingerprint density at radius 1 is 0.611 bits per heavy atom. The third-order valence-electron chi connectivity index (χ3n) is 5.24. The lowest BCUT2D eigenvalue weighted by Crippen LogP contribution is -2.18. The summed E-state index contributed by atoms with van der Waals surface area (Å²) in [5.41, 5.74) is 4.63. The average Bonchev–Trinajstić information content (AvgIpc) is 2.88. The maximum absolute atomic E-state index is 13.0. The first-order chi connectivity index (χ1) is 17.3. The number of hydroxylamine groups is 1. The van der Waals surface area contributed by atoms with Crippen molar-refractivity contribution in [3.8, 4) is 11.1 Å². The first-order valence-corrected chi connectivity index (χ1v) is 11.4. The first kappa shape index (κ1) is 24.9. The predicted molar refractivity (Wildman–Crippen MR) is 140 cm³/mol. The number of benzene rings is 4. The summed E-state index contributed by atoms with van der Waals surface area (Å²) in [5.74, 6) is -1.50. The van der Waals surface area contributed by atoms with E-state index in [2.05, 4.69) is 10.6 Å². The fraction of sp³-hybridized carbons (Fsp3) is 0. The van der Waals surface area contributed by atoms with Crippen LogP contribution in [0.3, 0.4) is 0 Å². The van der Waals surface area contributed by atoms with Crippen molar-refractivity contribution in [3.05, 3.63) is 118 Å². The van der Waals surface area contributed by atoms with E-state index in [-0.39, 0.29) is 22.1 Å². The van der Waals surface area contributed by atoms with E-state index in [0.717, 1.165) is 0 Å². The average molecular weight is 520 g/mol. The van der Waals surface area contributed by atoms with Crippen LogP contribution in [-0.2, 0) is 0 Å². The Morgan fingerprint density at radius 2 is 1.31 bits per heavy atom. The minimum absolute atomic E-state index is 0.191. The zero-order valence-corrected chi connectivity index (χ0v) is 20.1. The second-order valence-corrected chi connectivity index (χ2v) is 8.56. The van der Waals surface area contributed by atoms with Crippen molar-refractivity contribution in [2.45, 2.75) is 0 Å². The maximum Gasteiger partial charge on any atom is 0.274 e. The molecule has 4 N–H and O–H groups in total. The summed E-state index contributed by atoms with van der Waals surface area (Å²) in [6.45, 7) is 0. The molecule has 0 aliphatic heterocycles. The van der Waals surface area contributed by atoms with Crippen LogP contribution in [0.25, 0.3) is 11.1 Å². The van der Waals surface area contributed by atoms with Crippen LogP contribution in [0, 0.1) is 0 Å². The molecular weight excluding hydrogens is 501 g/mol. The standard InChI is InChI=1S/C27H19Cl2N3O4/c28-20-10-11-23(24(29)15-20)27(35)31-22-13-18(16-6-8-17(9-7-16)26(34)32-36)12-19(14-22)25(33)30-21-4-2-1-3-5-21/h1-15,36H,(H,30,33)(H,31,35)(H,32,34). The Kier molecular flexibility index (Phi) is 7.65. The molecule has 0 spiro atoms. The molecule has 0 aromatic heterocycles. The topological polar surface area (TPSA) is 108 Å². The van der Waals surface area contributed by atoms with E-state index in [4.69, 9.17) is 28.4 Å². The number of hydrogen-bond donors (Lipinski definition) is 4. The predicted octanol–water partition coefficient (Wildman–Crippen LogP) is 6.28. The molecule has 0 aliphatic carbocycles. The molecule has 3 amide bonds. The molecule has 0 atom stereocenters. The Hall–Kier alpha value is -4.17. The van der Waals surface area contributed by atoms with Gasteiger partial charge in [-0.3, -0.25) is 19.6 Å². The lowest BCUT2D eigenvalue weighted by molar-refractivity contribution is 0.0706. The van der Waals surface area contributed by atoms with Crippen molar-refractivity contribution >= 4 is 52.3 Å². The summed E-state index contributed by atoms with van der Waals surface area (Å²) < 4.78 is 0. The van der Waals surface area contributed by atoms with E-state index < -0.39 is 11.8 Å². The summed E-state index contributed by atoms with van der Waals surface area (Å²) in [7, 11) is 0. The molecule has 36 heavy (non-hydrogen) atoms. The summed E-state index contributed by atoms with van der Waals surface area (Å²) in [6.07, 6.45) is 0. The molecule has 0 aliphatic rings. The molecular formula is C27H19Cl2N3O4. The van der Waals surface area contributed by atoms with Gasteiger partial charge in [-0.05, 0) is 71.8 Å². The van der Waals surface area contributed by atoms with Crippen LogP contribution >= 0.6 is 23.2 Å². The highest BCUT2D eigenvalue weighted by molar-refractivity contribution is 6.37. The van der Waals surface area contributed by atoms with E-state index in [0.29, 0.717) is 33.1 Å². The molecule has 0 unspecified atom stereocenters. The number of anilines is 2. The van der Waals surface area contributed by atoms with Crippen LogP contribution < -0.4 is 16.1 Å². The number of carbonyl (C=O) groups is 3. The van der Waals surface area contributed by atoms with E-state index in [1.54, 1.807) is 66.1 Å². The molecule has 4 aromatic carbocycles. The largest absolute Gasteiger partial charge is 0.322 e. The normalized spacial score (nSPS) is 10.4. The van der Waals surface area contributed by atoms with Crippen LogP contribution in [0.4, 0.5) is 11.4 Å². The highest BCUT2D eigenvalue weighted by atomic mass is 35.5. The van der Waals surface area contributed by atoms with Gasteiger partial charge >= 0.3 is 0 Å². The highest BCUT2D eigenvalue weighted by Gasteiger charge is 2.15. The quantitative estimate of drug-likeness (QED) is 0.177. The van der Waals surface area contributed by atoms with Gasteiger partial charge in [-0.15, -0.1) is 0 Å². The van der Waals surface area contributed by atoms with Gasteiger partial charge in [0, 0.05) is 27.5 Å². The van der Waals surface area contributed by atoms with Gasteiger partial charge in [0.2, 0.25) is 0 Å². The monoisotopic (exact) mass is 519 g/mol. The van der Waals surface area contributed by atoms with Gasteiger partial charge in [0.25, 0.3) is 17.7 Å². The molecule has 0 fully saturated rings. The van der Waals surface area contributed by atoms with Crippen LogP contribution in [0.5, 0.6) is 0 Å². The summed E-state index contributed by atoms with van der Waals surface area (Å²) in [5, 5.41) is 15.0. The molecule has 0 bridgehead atoms. The molecule has 0 saturated carbocycles. The lowest BCUT2D eigenvalue weighted by atomic mass is 10.00. The highest BCUT2D eigenvalue weighted by Crippen LogP contribution is 2.28. The molecule has 4 aromatic rings. The van der Waals surface area contributed by atoms with Crippen molar-refractivity contribution in [1.29, 1.82) is 0 Å². The van der Waals surface area contributed by atoms with Gasteiger partial charge < -0.3 is 10.6 Å². The first-order valence-electron chi connectivity index (χ1n) is 10.7. The number of halogens is 2. The number of para-hydroxylation sites is 1. The maximum atomic E-state index is 13.0. The molecule has 4 rings (SSSR count).